The monoisotopic (exact) mass is 402 g/mol. The fourth-order valence-corrected chi connectivity index (χ4v) is 2.08. The minimum Gasteiger partial charge on any atom is -0.470 e. The molecule has 0 aliphatic rings. The normalized spacial score (nSPS) is 10.1. The van der Waals surface area contributed by atoms with Crippen LogP contribution < -0.4 is 56.7 Å². The molecule has 140 valence electrons. The SMILES string of the molecule is CC(=O)c1ncccc1C(=O)Nc1cc[c-]cc1.CC(C)(C)c1c[c-]no1.[K+]. The Morgan fingerprint density at radius 2 is 1.82 bits per heavy atom. The van der Waals surface area contributed by atoms with Crippen molar-refractivity contribution >= 4 is 17.4 Å². The van der Waals surface area contributed by atoms with E-state index in [4.69, 9.17) is 4.52 Å². The molecular weight excluding hydrogens is 381 g/mol. The number of amides is 1. The molecule has 0 bridgehead atoms. The van der Waals surface area contributed by atoms with Gasteiger partial charge >= 0.3 is 51.4 Å². The number of carbonyl (C=O) groups is 2. The molecule has 0 unspecified atom stereocenters. The summed E-state index contributed by atoms with van der Waals surface area (Å²) in [5, 5.41) is 6.19. The van der Waals surface area contributed by atoms with Crippen LogP contribution in [-0.2, 0) is 5.41 Å². The van der Waals surface area contributed by atoms with Crippen LogP contribution in [0.25, 0.3) is 0 Å². The predicted molar refractivity (Wildman–Crippen MR) is 102 cm³/mol. The molecule has 0 aliphatic heterocycles. The summed E-state index contributed by atoms with van der Waals surface area (Å²) in [5.41, 5.74) is 1.17. The van der Waals surface area contributed by atoms with Crippen LogP contribution in [0.15, 0.2) is 53.2 Å². The van der Waals surface area contributed by atoms with Crippen molar-refractivity contribution in [3.05, 3.63) is 77.9 Å². The summed E-state index contributed by atoms with van der Waals surface area (Å²) in [6.45, 7) is 7.60. The van der Waals surface area contributed by atoms with Crippen LogP contribution in [0.3, 0.4) is 0 Å². The van der Waals surface area contributed by atoms with Crippen LogP contribution in [0.5, 0.6) is 0 Å². The summed E-state index contributed by atoms with van der Waals surface area (Å²) >= 11 is 0. The first-order valence-corrected chi connectivity index (χ1v) is 8.35. The number of ketones is 1. The maximum atomic E-state index is 12.0. The minimum atomic E-state index is -0.348. The Morgan fingerprint density at radius 1 is 1.14 bits per heavy atom. The molecule has 0 spiro atoms. The molecule has 1 amide bonds. The molecule has 0 aliphatic carbocycles. The smallest absolute Gasteiger partial charge is 0.470 e. The maximum Gasteiger partial charge on any atom is 1.00 e. The number of pyridine rings is 1. The van der Waals surface area contributed by atoms with Crippen molar-refractivity contribution in [1.82, 2.24) is 10.1 Å². The molecule has 28 heavy (non-hydrogen) atoms. The van der Waals surface area contributed by atoms with Gasteiger partial charge < -0.3 is 9.84 Å². The van der Waals surface area contributed by atoms with E-state index in [1.807, 2.05) is 0 Å². The number of Topliss-reactive ketones (excluding diaryl/α,β-unsaturated/α-hetero) is 1. The number of nitrogens with one attached hydrogen (secondary N) is 1. The third kappa shape index (κ3) is 7.41. The topological polar surface area (TPSA) is 85.1 Å². The van der Waals surface area contributed by atoms with Crippen molar-refractivity contribution in [3.63, 3.8) is 0 Å². The molecule has 3 rings (SSSR count). The van der Waals surface area contributed by atoms with Crippen molar-refractivity contribution in [2.24, 2.45) is 0 Å². The first kappa shape index (κ1) is 24.4. The van der Waals surface area contributed by atoms with Gasteiger partial charge in [0.05, 0.1) is 5.56 Å². The second-order valence-electron chi connectivity index (χ2n) is 6.77. The summed E-state index contributed by atoms with van der Waals surface area (Å²) in [6.07, 6.45) is 4.11. The molecule has 0 fully saturated rings. The number of nitrogens with zero attached hydrogens (tertiary/aromatic N) is 2. The zero-order chi connectivity index (χ0) is 19.9. The number of aromatic nitrogens is 2. The molecule has 0 atom stereocenters. The van der Waals surface area contributed by atoms with Gasteiger partial charge in [0, 0.05) is 13.1 Å². The Labute approximate surface area is 207 Å². The molecule has 0 radical (unpaired) electrons. The van der Waals surface area contributed by atoms with Crippen LogP contribution in [-0.4, -0.2) is 21.8 Å². The van der Waals surface area contributed by atoms with E-state index in [1.165, 1.54) is 13.1 Å². The largest absolute Gasteiger partial charge is 1.00 e. The Morgan fingerprint density at radius 3 is 2.32 bits per heavy atom. The molecular formula is C21H21KN3O3-. The van der Waals surface area contributed by atoms with Crippen molar-refractivity contribution < 1.29 is 65.5 Å². The van der Waals surface area contributed by atoms with Crippen molar-refractivity contribution in [2.45, 2.75) is 33.1 Å². The van der Waals surface area contributed by atoms with Crippen LogP contribution >= 0.6 is 0 Å². The van der Waals surface area contributed by atoms with E-state index >= 15 is 0 Å². The molecule has 3 aromatic rings. The summed E-state index contributed by atoms with van der Waals surface area (Å²) in [4.78, 5) is 27.3. The number of carbonyl (C=O) groups excluding carboxylic acids is 2. The third-order valence-electron chi connectivity index (χ3n) is 3.49. The molecule has 2 aromatic heterocycles. The van der Waals surface area contributed by atoms with Gasteiger partial charge in [-0.05, 0) is 23.3 Å². The molecule has 2 heterocycles. The Kier molecular flexibility index (Phi) is 9.91. The summed E-state index contributed by atoms with van der Waals surface area (Å²) < 4.78 is 4.89. The fourth-order valence-electron chi connectivity index (χ4n) is 2.08. The van der Waals surface area contributed by atoms with Gasteiger partial charge in [-0.1, -0.05) is 26.5 Å². The van der Waals surface area contributed by atoms with Crippen LogP contribution in [0.1, 0.15) is 54.3 Å². The van der Waals surface area contributed by atoms with E-state index in [1.54, 1.807) is 42.5 Å². The zero-order valence-electron chi connectivity index (χ0n) is 16.7. The van der Waals surface area contributed by atoms with Gasteiger partial charge in [-0.3, -0.25) is 14.6 Å². The van der Waals surface area contributed by atoms with E-state index in [9.17, 15) is 9.59 Å². The second-order valence-corrected chi connectivity index (χ2v) is 6.77. The Balaban J connectivity index is 0.000000332. The maximum absolute atomic E-state index is 12.0. The van der Waals surface area contributed by atoms with Crippen LogP contribution in [0.4, 0.5) is 5.69 Å². The Bertz CT molecular complexity index is 889. The van der Waals surface area contributed by atoms with Gasteiger partial charge in [0.25, 0.3) is 5.91 Å². The van der Waals surface area contributed by atoms with Crippen LogP contribution in [0.2, 0.25) is 0 Å². The second kappa shape index (κ2) is 11.4. The molecule has 7 heteroatoms. The van der Waals surface area contributed by atoms with Gasteiger partial charge in [0.1, 0.15) is 5.69 Å². The molecule has 0 saturated heterocycles. The summed E-state index contributed by atoms with van der Waals surface area (Å²) in [7, 11) is 0. The van der Waals surface area contributed by atoms with Gasteiger partial charge in [0.2, 0.25) is 0 Å². The summed E-state index contributed by atoms with van der Waals surface area (Å²) in [6, 6.07) is 14.7. The first-order valence-electron chi connectivity index (χ1n) is 8.35. The molecule has 1 N–H and O–H groups in total. The van der Waals surface area contributed by atoms with Gasteiger partial charge in [-0.2, -0.15) is 24.3 Å². The number of benzene rings is 1. The third-order valence-corrected chi connectivity index (χ3v) is 3.49. The number of hydrogen-bond donors (Lipinski definition) is 1. The fraction of sp³-hybridized carbons (Fsp3) is 0.238. The molecule has 1 aromatic carbocycles. The van der Waals surface area contributed by atoms with E-state index in [-0.39, 0.29) is 79.7 Å². The number of rotatable bonds is 3. The predicted octanol–water partition coefficient (Wildman–Crippen LogP) is 1.11. The number of anilines is 1. The molecule has 6 nitrogen and oxygen atoms in total. The van der Waals surface area contributed by atoms with E-state index in [0.29, 0.717) is 5.69 Å². The average Bonchev–Trinajstić information content (AvgIpc) is 3.18. The minimum absolute atomic E-state index is 0. The summed E-state index contributed by atoms with van der Waals surface area (Å²) in [5.74, 6) is 0.296. The van der Waals surface area contributed by atoms with Gasteiger partial charge in [-0.25, -0.2) is 5.16 Å². The van der Waals surface area contributed by atoms with E-state index < -0.39 is 0 Å². The Hall–Kier alpha value is -1.64. The average molecular weight is 403 g/mol. The van der Waals surface area contributed by atoms with Crippen molar-refractivity contribution in [3.8, 4) is 0 Å². The van der Waals surface area contributed by atoms with Crippen molar-refractivity contribution in [1.29, 1.82) is 0 Å². The van der Waals surface area contributed by atoms with Crippen LogP contribution in [0, 0.1) is 12.3 Å². The van der Waals surface area contributed by atoms with E-state index in [2.05, 4.69) is 48.5 Å². The quantitative estimate of drug-likeness (QED) is 0.403. The zero-order valence-corrected chi connectivity index (χ0v) is 19.9. The van der Waals surface area contributed by atoms with Gasteiger partial charge in [-0.15, -0.1) is 18.3 Å². The standard InChI is InChI=1S/C14H11N2O2.C7H10NO.K/c1-10(17)13-12(8-5-9-15-13)14(18)16-11-6-3-2-4-7-11;1-7(2,3)6-4-5-8-9-6;/h3-9H,1H3,(H,16,18);4H,1-3H3;/q2*-1;+1. The van der Waals surface area contributed by atoms with E-state index in [0.717, 1.165) is 5.76 Å². The first-order chi connectivity index (χ1) is 12.8. The number of hydrogen-bond acceptors (Lipinski definition) is 5. The van der Waals surface area contributed by atoms with Crippen molar-refractivity contribution in [2.75, 3.05) is 5.32 Å². The van der Waals surface area contributed by atoms with Gasteiger partial charge in [0.15, 0.2) is 5.78 Å². The molecule has 0 saturated carbocycles.